The Hall–Kier alpha value is -3.85. The maximum Gasteiger partial charge on any atom is 0.264 e. The molecule has 0 fully saturated rings. The number of nitrogens with one attached hydrogen (secondary N) is 1. The highest BCUT2D eigenvalue weighted by molar-refractivity contribution is 7.92. The van der Waals surface area contributed by atoms with Crippen LogP contribution in [0.1, 0.15) is 49.8 Å². The third-order valence-electron chi connectivity index (χ3n) is 7.12. The van der Waals surface area contributed by atoms with Crippen LogP contribution in [0.2, 0.25) is 0 Å². The van der Waals surface area contributed by atoms with E-state index in [0.29, 0.717) is 24.4 Å². The van der Waals surface area contributed by atoms with Gasteiger partial charge in [0.05, 0.1) is 17.7 Å². The zero-order valence-electron chi connectivity index (χ0n) is 24.6. The molecule has 3 aromatic rings. The molecule has 3 rings (SSSR count). The van der Waals surface area contributed by atoms with Gasteiger partial charge in [-0.25, -0.2) is 8.42 Å². The smallest absolute Gasteiger partial charge is 0.264 e. The van der Waals surface area contributed by atoms with E-state index in [-0.39, 0.29) is 17.3 Å². The number of nitrogens with zero attached hydrogens (tertiary/aromatic N) is 2. The molecule has 0 bridgehead atoms. The second-order valence-corrected chi connectivity index (χ2v) is 11.9. The number of rotatable bonds is 14. The normalized spacial score (nSPS) is 11.9. The van der Waals surface area contributed by atoms with Gasteiger partial charge < -0.3 is 15.0 Å². The number of carbonyl (C=O) groups excluding carboxylic acids is 2. The van der Waals surface area contributed by atoms with Gasteiger partial charge in [0, 0.05) is 13.1 Å². The Kier molecular flexibility index (Phi) is 11.3. The number of ether oxygens (including phenoxy) is 1. The average molecular weight is 580 g/mol. The van der Waals surface area contributed by atoms with Gasteiger partial charge in [0.1, 0.15) is 18.3 Å². The number of benzene rings is 3. The van der Waals surface area contributed by atoms with E-state index >= 15 is 0 Å². The van der Waals surface area contributed by atoms with Crippen LogP contribution in [0, 0.1) is 13.8 Å². The molecule has 0 saturated carbocycles. The molecule has 0 heterocycles. The molecule has 0 radical (unpaired) electrons. The molecule has 0 aliphatic carbocycles. The minimum Gasteiger partial charge on any atom is -0.497 e. The number of carbonyl (C=O) groups is 2. The van der Waals surface area contributed by atoms with Crippen LogP contribution in [-0.2, 0) is 26.2 Å². The fourth-order valence-electron chi connectivity index (χ4n) is 4.48. The van der Waals surface area contributed by atoms with Crippen molar-refractivity contribution in [3.8, 4) is 5.75 Å². The lowest BCUT2D eigenvalue weighted by Gasteiger charge is -2.33. The quantitative estimate of drug-likeness (QED) is 0.264. The average Bonchev–Trinajstić information content (AvgIpc) is 2.98. The van der Waals surface area contributed by atoms with Crippen LogP contribution in [0.4, 0.5) is 5.69 Å². The fourth-order valence-corrected chi connectivity index (χ4v) is 5.91. The SMILES string of the molecule is CCCCNC(=O)[C@H](CC)N(Cc1ccc(OC)cc1)C(=O)CN(c1ccc(C)c(C)c1)S(=O)(=O)c1ccccc1. The maximum atomic E-state index is 14.1. The summed E-state index contributed by atoms with van der Waals surface area (Å²) >= 11 is 0. The third kappa shape index (κ3) is 8.10. The molecule has 2 amide bonds. The molecule has 0 unspecified atom stereocenters. The van der Waals surface area contributed by atoms with E-state index in [9.17, 15) is 18.0 Å². The molecule has 41 heavy (non-hydrogen) atoms. The summed E-state index contributed by atoms with van der Waals surface area (Å²) in [5.41, 5.74) is 3.09. The molecule has 0 spiro atoms. The number of sulfonamides is 1. The first kappa shape index (κ1) is 31.7. The van der Waals surface area contributed by atoms with Gasteiger partial charge in [-0.05, 0) is 79.8 Å². The molecule has 3 aromatic carbocycles. The van der Waals surface area contributed by atoms with Gasteiger partial charge in [-0.15, -0.1) is 0 Å². The molecule has 9 heteroatoms. The van der Waals surface area contributed by atoms with Crippen LogP contribution in [0.3, 0.4) is 0 Å². The van der Waals surface area contributed by atoms with Crippen molar-refractivity contribution in [1.82, 2.24) is 10.2 Å². The minimum absolute atomic E-state index is 0.0806. The van der Waals surface area contributed by atoms with E-state index in [0.717, 1.165) is 33.8 Å². The predicted molar refractivity (Wildman–Crippen MR) is 162 cm³/mol. The topological polar surface area (TPSA) is 96.0 Å². The Morgan fingerprint density at radius 1 is 0.927 bits per heavy atom. The largest absolute Gasteiger partial charge is 0.497 e. The second kappa shape index (κ2) is 14.7. The van der Waals surface area contributed by atoms with Gasteiger partial charge in [0.15, 0.2) is 0 Å². The predicted octanol–water partition coefficient (Wildman–Crippen LogP) is 5.23. The van der Waals surface area contributed by atoms with Gasteiger partial charge in [-0.2, -0.15) is 0 Å². The highest BCUT2D eigenvalue weighted by Crippen LogP contribution is 2.27. The van der Waals surface area contributed by atoms with Crippen LogP contribution < -0.4 is 14.4 Å². The number of amides is 2. The van der Waals surface area contributed by atoms with Gasteiger partial charge >= 0.3 is 0 Å². The minimum atomic E-state index is -4.10. The summed E-state index contributed by atoms with van der Waals surface area (Å²) in [5, 5.41) is 2.94. The van der Waals surface area contributed by atoms with Crippen LogP contribution >= 0.6 is 0 Å². The number of methoxy groups -OCH3 is 1. The lowest BCUT2D eigenvalue weighted by Crippen LogP contribution is -2.52. The molecular formula is C32H41N3O5S. The Labute approximate surface area is 244 Å². The highest BCUT2D eigenvalue weighted by Gasteiger charge is 2.33. The van der Waals surface area contributed by atoms with Crippen molar-refractivity contribution in [2.75, 3.05) is 24.5 Å². The molecule has 0 aromatic heterocycles. The van der Waals surface area contributed by atoms with Crippen LogP contribution in [-0.4, -0.2) is 51.4 Å². The Morgan fingerprint density at radius 2 is 1.61 bits per heavy atom. The monoisotopic (exact) mass is 579 g/mol. The van der Waals surface area contributed by atoms with Crippen molar-refractivity contribution in [1.29, 1.82) is 0 Å². The molecule has 0 saturated heterocycles. The fraction of sp³-hybridized carbons (Fsp3) is 0.375. The number of hydrogen-bond acceptors (Lipinski definition) is 5. The van der Waals surface area contributed by atoms with Crippen molar-refractivity contribution in [2.45, 2.75) is 64.4 Å². The zero-order valence-corrected chi connectivity index (χ0v) is 25.4. The summed E-state index contributed by atoms with van der Waals surface area (Å²) < 4.78 is 34.3. The van der Waals surface area contributed by atoms with Crippen molar-refractivity contribution in [2.24, 2.45) is 0 Å². The Bertz CT molecular complexity index is 1410. The number of anilines is 1. The molecule has 0 aliphatic heterocycles. The summed E-state index contributed by atoms with van der Waals surface area (Å²) in [6.45, 7) is 7.91. The summed E-state index contributed by atoms with van der Waals surface area (Å²) in [5.74, 6) is -0.0617. The standard InChI is InChI=1S/C32H41N3O5S/c1-6-8-20-33-32(37)30(7-2)34(22-26-15-18-28(40-5)19-16-26)31(36)23-35(27-17-14-24(3)25(4)21-27)41(38,39)29-12-10-9-11-13-29/h9-19,21,30H,6-8,20,22-23H2,1-5H3,(H,33,37)/t30-/m0/s1. The molecular weight excluding hydrogens is 538 g/mol. The van der Waals surface area contributed by atoms with Crippen molar-refractivity contribution < 1.29 is 22.7 Å². The first-order valence-corrected chi connectivity index (χ1v) is 15.4. The van der Waals surface area contributed by atoms with Gasteiger partial charge in [-0.1, -0.05) is 56.7 Å². The van der Waals surface area contributed by atoms with E-state index < -0.39 is 28.5 Å². The second-order valence-electron chi connectivity index (χ2n) is 10.0. The van der Waals surface area contributed by atoms with E-state index in [1.165, 1.54) is 17.0 Å². The molecule has 8 nitrogen and oxygen atoms in total. The van der Waals surface area contributed by atoms with Crippen molar-refractivity contribution in [3.63, 3.8) is 0 Å². The highest BCUT2D eigenvalue weighted by atomic mass is 32.2. The third-order valence-corrected chi connectivity index (χ3v) is 8.90. The van der Waals surface area contributed by atoms with Gasteiger partial charge in [0.2, 0.25) is 11.8 Å². The van der Waals surface area contributed by atoms with E-state index in [1.54, 1.807) is 49.6 Å². The van der Waals surface area contributed by atoms with Crippen molar-refractivity contribution in [3.05, 3.63) is 89.5 Å². The Balaban J connectivity index is 2.04. The molecule has 220 valence electrons. The lowest BCUT2D eigenvalue weighted by molar-refractivity contribution is -0.140. The van der Waals surface area contributed by atoms with E-state index in [1.807, 2.05) is 45.9 Å². The first-order valence-electron chi connectivity index (χ1n) is 14.0. The van der Waals surface area contributed by atoms with Crippen LogP contribution in [0.5, 0.6) is 5.75 Å². The summed E-state index contributed by atoms with van der Waals surface area (Å²) in [6.07, 6.45) is 2.12. The maximum absolute atomic E-state index is 14.1. The number of unbranched alkanes of at least 4 members (excludes halogenated alkanes) is 1. The molecule has 1 atom stereocenters. The Morgan fingerprint density at radius 3 is 2.20 bits per heavy atom. The van der Waals surface area contributed by atoms with Gasteiger partial charge in [0.25, 0.3) is 10.0 Å². The lowest BCUT2D eigenvalue weighted by atomic mass is 10.1. The van der Waals surface area contributed by atoms with Gasteiger partial charge in [-0.3, -0.25) is 13.9 Å². The number of aryl methyl sites for hydroxylation is 2. The zero-order chi connectivity index (χ0) is 30.0. The molecule has 0 aliphatic rings. The van der Waals surface area contributed by atoms with E-state index in [4.69, 9.17) is 4.74 Å². The van der Waals surface area contributed by atoms with Crippen LogP contribution in [0.15, 0.2) is 77.7 Å². The first-order chi connectivity index (χ1) is 19.6. The summed E-state index contributed by atoms with van der Waals surface area (Å²) in [7, 11) is -2.52. The summed E-state index contributed by atoms with van der Waals surface area (Å²) in [4.78, 5) is 29.0. The molecule has 1 N–H and O–H groups in total. The summed E-state index contributed by atoms with van der Waals surface area (Å²) in [6, 6.07) is 19.9. The van der Waals surface area contributed by atoms with Crippen molar-refractivity contribution >= 4 is 27.5 Å². The van der Waals surface area contributed by atoms with E-state index in [2.05, 4.69) is 5.32 Å². The number of hydrogen-bond donors (Lipinski definition) is 1. The van der Waals surface area contributed by atoms with Crippen LogP contribution in [0.25, 0.3) is 0 Å².